The van der Waals surface area contributed by atoms with Gasteiger partial charge in [0.25, 0.3) is 0 Å². The van der Waals surface area contributed by atoms with Gasteiger partial charge in [-0.1, -0.05) is 55.7 Å². The molecule has 1 aromatic rings. The van der Waals surface area contributed by atoms with Crippen LogP contribution in [0.4, 0.5) is 0 Å². The fraction of sp³-hybridized carbons (Fsp3) is 0.545. The zero-order valence-corrected chi connectivity index (χ0v) is 12.5. The molecule has 6 heteroatoms. The molecular weight excluding hydrogens is 279 g/mol. The van der Waals surface area contributed by atoms with E-state index < -0.39 is 0 Å². The lowest BCUT2D eigenvalue weighted by Gasteiger charge is -2.17. The lowest BCUT2D eigenvalue weighted by molar-refractivity contribution is 0.0939. The minimum Gasteiger partial charge on any atom is -0.294 e. The van der Waals surface area contributed by atoms with E-state index in [1.54, 1.807) is 0 Å². The van der Waals surface area contributed by atoms with Crippen molar-refractivity contribution in [3.05, 3.63) is 15.9 Å². The van der Waals surface area contributed by atoms with Crippen LogP contribution >= 0.6 is 35.0 Å². The summed E-state index contributed by atoms with van der Waals surface area (Å²) in [7, 11) is 0. The number of Topliss-reactive ketones (excluding diaryl/α,β-unsaturated/α-hetero) is 1. The van der Waals surface area contributed by atoms with Gasteiger partial charge in [-0.05, 0) is 11.7 Å². The molecule has 17 heavy (non-hydrogen) atoms. The Morgan fingerprint density at radius 2 is 1.71 bits per heavy atom. The summed E-state index contributed by atoms with van der Waals surface area (Å²) >= 11 is 13.3. The van der Waals surface area contributed by atoms with Crippen molar-refractivity contribution in [1.29, 1.82) is 0 Å². The number of aromatic nitrogens is 2. The van der Waals surface area contributed by atoms with Crippen LogP contribution in [0.5, 0.6) is 0 Å². The molecule has 0 spiro atoms. The molecule has 1 rings (SSSR count). The van der Waals surface area contributed by atoms with Gasteiger partial charge < -0.3 is 0 Å². The normalized spacial score (nSPS) is 11.6. The van der Waals surface area contributed by atoms with Crippen LogP contribution in [0.15, 0.2) is 5.16 Å². The third kappa shape index (κ3) is 4.12. The Balaban J connectivity index is 3.10. The monoisotopic (exact) mass is 292 g/mol. The van der Waals surface area contributed by atoms with E-state index in [0.717, 1.165) is 0 Å². The molecule has 0 amide bonds. The Kier molecular flexibility index (Phi) is 4.81. The molecule has 0 unspecified atom stereocenters. The molecule has 3 nitrogen and oxygen atoms in total. The molecule has 0 saturated carbocycles. The van der Waals surface area contributed by atoms with Gasteiger partial charge >= 0.3 is 0 Å². The molecule has 0 saturated heterocycles. The third-order valence-corrected chi connectivity index (χ3v) is 3.05. The summed E-state index contributed by atoms with van der Waals surface area (Å²) in [6.07, 6.45) is 2.17. The summed E-state index contributed by atoms with van der Waals surface area (Å²) in [4.78, 5) is 20.1. The van der Waals surface area contributed by atoms with Crippen molar-refractivity contribution < 1.29 is 4.79 Å². The summed E-state index contributed by atoms with van der Waals surface area (Å²) in [6.45, 7) is 5.93. The maximum Gasteiger partial charge on any atom is 0.190 e. The van der Waals surface area contributed by atoms with E-state index in [0.29, 0.717) is 11.6 Å². The largest absolute Gasteiger partial charge is 0.294 e. The van der Waals surface area contributed by atoms with Gasteiger partial charge in [0.05, 0.1) is 5.56 Å². The van der Waals surface area contributed by atoms with E-state index in [1.165, 1.54) is 11.8 Å². The van der Waals surface area contributed by atoms with E-state index in [-0.39, 0.29) is 27.1 Å². The maximum absolute atomic E-state index is 12.0. The average Bonchev–Trinajstić information content (AvgIpc) is 2.13. The second-order valence-corrected chi connectivity index (χ2v) is 6.32. The molecule has 0 aliphatic carbocycles. The highest BCUT2D eigenvalue weighted by Crippen LogP contribution is 2.29. The fourth-order valence-corrected chi connectivity index (χ4v) is 2.34. The van der Waals surface area contributed by atoms with Gasteiger partial charge in [0, 0.05) is 6.42 Å². The van der Waals surface area contributed by atoms with E-state index in [4.69, 9.17) is 23.2 Å². The van der Waals surface area contributed by atoms with Crippen LogP contribution in [-0.2, 0) is 0 Å². The number of hydrogen-bond donors (Lipinski definition) is 0. The minimum absolute atomic E-state index is 0.123. The SMILES string of the molecule is CSc1nc(Cl)c(C(=O)CC(C)(C)C)c(Cl)n1. The first-order valence-corrected chi connectivity index (χ1v) is 7.03. The number of carbonyl (C=O) groups is 1. The number of thioether (sulfide) groups is 1. The smallest absolute Gasteiger partial charge is 0.190 e. The van der Waals surface area contributed by atoms with Gasteiger partial charge in [-0.25, -0.2) is 9.97 Å². The Hall–Kier alpha value is -0.320. The Bertz CT molecular complexity index is 421. The molecule has 1 aromatic heterocycles. The Morgan fingerprint density at radius 1 is 1.24 bits per heavy atom. The molecule has 0 aliphatic heterocycles. The fourth-order valence-electron chi connectivity index (χ4n) is 1.28. The first-order valence-electron chi connectivity index (χ1n) is 5.05. The zero-order chi connectivity index (χ0) is 13.2. The van der Waals surface area contributed by atoms with E-state index in [1.807, 2.05) is 27.0 Å². The molecule has 0 aromatic carbocycles. The number of halogens is 2. The van der Waals surface area contributed by atoms with Gasteiger partial charge in [0.2, 0.25) is 0 Å². The summed E-state index contributed by atoms with van der Waals surface area (Å²) in [6, 6.07) is 0. The predicted octanol–water partition coefficient (Wildman–Crippen LogP) is 4.12. The highest BCUT2D eigenvalue weighted by Gasteiger charge is 2.23. The highest BCUT2D eigenvalue weighted by molar-refractivity contribution is 7.98. The Labute approximate surface area is 115 Å². The van der Waals surface area contributed by atoms with Crippen LogP contribution < -0.4 is 0 Å². The molecule has 0 bridgehead atoms. The second kappa shape index (κ2) is 5.55. The van der Waals surface area contributed by atoms with Crippen molar-refractivity contribution in [3.8, 4) is 0 Å². The van der Waals surface area contributed by atoms with Gasteiger partial charge in [-0.3, -0.25) is 4.79 Å². The van der Waals surface area contributed by atoms with Crippen molar-refractivity contribution in [2.45, 2.75) is 32.3 Å². The quantitative estimate of drug-likeness (QED) is 0.364. The molecule has 94 valence electrons. The Morgan fingerprint density at radius 3 is 2.06 bits per heavy atom. The second-order valence-electron chi connectivity index (χ2n) is 4.83. The predicted molar refractivity (Wildman–Crippen MR) is 72.2 cm³/mol. The minimum atomic E-state index is -0.125. The van der Waals surface area contributed by atoms with E-state index in [2.05, 4.69) is 9.97 Å². The summed E-state index contributed by atoms with van der Waals surface area (Å²) in [5.74, 6) is -0.125. The van der Waals surface area contributed by atoms with Crippen molar-refractivity contribution in [3.63, 3.8) is 0 Å². The first-order chi connectivity index (χ1) is 7.74. The molecule has 0 atom stereocenters. The van der Waals surface area contributed by atoms with E-state index >= 15 is 0 Å². The lowest BCUT2D eigenvalue weighted by atomic mass is 9.88. The number of carbonyl (C=O) groups excluding carboxylic acids is 1. The van der Waals surface area contributed by atoms with Crippen LogP contribution in [0.25, 0.3) is 0 Å². The number of hydrogen-bond acceptors (Lipinski definition) is 4. The van der Waals surface area contributed by atoms with Crippen molar-refractivity contribution in [2.75, 3.05) is 6.26 Å². The number of rotatable bonds is 3. The van der Waals surface area contributed by atoms with Crippen LogP contribution in [0, 0.1) is 5.41 Å². The lowest BCUT2D eigenvalue weighted by Crippen LogP contribution is -2.15. The van der Waals surface area contributed by atoms with Crippen molar-refractivity contribution >= 4 is 40.7 Å². The van der Waals surface area contributed by atoms with Gasteiger partial charge in [0.1, 0.15) is 10.3 Å². The molecule has 0 N–H and O–H groups in total. The van der Waals surface area contributed by atoms with Gasteiger partial charge in [0.15, 0.2) is 10.9 Å². The summed E-state index contributed by atoms with van der Waals surface area (Å²) in [5, 5.41) is 0.722. The number of nitrogens with zero attached hydrogens (tertiary/aromatic N) is 2. The molecule has 0 radical (unpaired) electrons. The van der Waals surface area contributed by atoms with Crippen LogP contribution in [0.2, 0.25) is 10.3 Å². The molecule has 0 aliphatic rings. The molecule has 1 heterocycles. The van der Waals surface area contributed by atoms with Gasteiger partial charge in [-0.15, -0.1) is 0 Å². The highest BCUT2D eigenvalue weighted by atomic mass is 35.5. The van der Waals surface area contributed by atoms with E-state index in [9.17, 15) is 4.79 Å². The van der Waals surface area contributed by atoms with Crippen molar-refractivity contribution in [1.82, 2.24) is 9.97 Å². The number of ketones is 1. The first kappa shape index (κ1) is 14.7. The molecule has 0 fully saturated rings. The summed E-state index contributed by atoms with van der Waals surface area (Å²) in [5.41, 5.74) is 0.100. The molecular formula is C11H14Cl2N2OS. The zero-order valence-electron chi connectivity index (χ0n) is 10.2. The summed E-state index contributed by atoms with van der Waals surface area (Å²) < 4.78 is 0. The average molecular weight is 293 g/mol. The standard InChI is InChI=1S/C11H14Cl2N2OS/c1-11(2,3)5-6(16)7-8(12)14-10(17-4)15-9(7)13/h5H2,1-4H3. The van der Waals surface area contributed by atoms with Crippen molar-refractivity contribution in [2.24, 2.45) is 5.41 Å². The van der Waals surface area contributed by atoms with Gasteiger partial charge in [-0.2, -0.15) is 0 Å². The third-order valence-electron chi connectivity index (χ3n) is 1.95. The van der Waals surface area contributed by atoms with Crippen LogP contribution in [0.3, 0.4) is 0 Å². The van der Waals surface area contributed by atoms with Crippen LogP contribution in [-0.4, -0.2) is 22.0 Å². The topological polar surface area (TPSA) is 42.9 Å². The maximum atomic E-state index is 12.0. The van der Waals surface area contributed by atoms with Crippen LogP contribution in [0.1, 0.15) is 37.6 Å².